The van der Waals surface area contributed by atoms with Crippen LogP contribution in [0.5, 0.6) is 0 Å². The predicted octanol–water partition coefficient (Wildman–Crippen LogP) is 2.81. The number of carbonyl (C=O) groups excluding carboxylic acids is 1. The number of hydrogen-bond donors (Lipinski definition) is 1. The summed E-state index contributed by atoms with van der Waals surface area (Å²) in [7, 11) is 0. The van der Waals surface area contributed by atoms with Crippen LogP contribution in [0.15, 0.2) is 0 Å². The van der Waals surface area contributed by atoms with E-state index in [0.717, 1.165) is 51.2 Å². The Morgan fingerprint density at radius 3 is 2.71 bits per heavy atom. The molecule has 0 amide bonds. The molecule has 3 atom stereocenters. The summed E-state index contributed by atoms with van der Waals surface area (Å²) in [6.07, 6.45) is 5.07. The molecule has 0 aliphatic heterocycles. The second-order valence-corrected chi connectivity index (χ2v) is 6.55. The van der Waals surface area contributed by atoms with E-state index in [9.17, 15) is 4.79 Å². The topological polar surface area (TPSA) is 55.6 Å². The van der Waals surface area contributed by atoms with Gasteiger partial charge in [-0.2, -0.15) is 0 Å². The molecule has 4 nitrogen and oxygen atoms in total. The normalized spacial score (nSPS) is 27.0. The van der Waals surface area contributed by atoms with Crippen molar-refractivity contribution in [3.05, 3.63) is 0 Å². The van der Waals surface area contributed by atoms with Gasteiger partial charge in [0.25, 0.3) is 0 Å². The van der Waals surface area contributed by atoms with Gasteiger partial charge in [-0.05, 0) is 51.1 Å². The van der Waals surface area contributed by atoms with Crippen LogP contribution < -0.4 is 5.73 Å². The Morgan fingerprint density at radius 1 is 1.43 bits per heavy atom. The minimum Gasteiger partial charge on any atom is -0.465 e. The van der Waals surface area contributed by atoms with Gasteiger partial charge in [-0.25, -0.2) is 0 Å². The number of nitrogens with two attached hydrogens (primary N) is 1. The van der Waals surface area contributed by atoms with Gasteiger partial charge in [0.15, 0.2) is 0 Å². The van der Waals surface area contributed by atoms with Gasteiger partial charge in [0.2, 0.25) is 0 Å². The van der Waals surface area contributed by atoms with Gasteiger partial charge < -0.3 is 15.4 Å². The standard InChI is InChI=1S/C17H34N2O2/c1-5-14(4)13-19(6-2)12-10-15-9-8-11-17(15,18)16(20)21-7-3/h14-15H,5-13,18H2,1-4H3. The molecule has 0 aromatic rings. The van der Waals surface area contributed by atoms with Crippen LogP contribution in [0.2, 0.25) is 0 Å². The summed E-state index contributed by atoms with van der Waals surface area (Å²) in [5.74, 6) is 0.793. The average Bonchev–Trinajstić information content (AvgIpc) is 2.86. The molecule has 2 N–H and O–H groups in total. The first kappa shape index (κ1) is 18.4. The highest BCUT2D eigenvalue weighted by Gasteiger charge is 2.46. The van der Waals surface area contributed by atoms with Crippen molar-refractivity contribution in [3.63, 3.8) is 0 Å². The van der Waals surface area contributed by atoms with Crippen LogP contribution in [0, 0.1) is 11.8 Å². The van der Waals surface area contributed by atoms with Crippen LogP contribution >= 0.6 is 0 Å². The number of esters is 1. The Kier molecular flexibility index (Phi) is 7.67. The summed E-state index contributed by atoms with van der Waals surface area (Å²) in [6.45, 7) is 12.2. The molecule has 0 aromatic heterocycles. The van der Waals surface area contributed by atoms with Crippen LogP contribution in [-0.4, -0.2) is 42.6 Å². The quantitative estimate of drug-likeness (QED) is 0.665. The first-order chi connectivity index (χ1) is 9.97. The predicted molar refractivity (Wildman–Crippen MR) is 87.1 cm³/mol. The lowest BCUT2D eigenvalue weighted by atomic mass is 9.85. The lowest BCUT2D eigenvalue weighted by Gasteiger charge is -2.31. The molecule has 0 heterocycles. The summed E-state index contributed by atoms with van der Waals surface area (Å²) in [5, 5.41) is 0. The summed E-state index contributed by atoms with van der Waals surface area (Å²) in [5.41, 5.74) is 5.65. The molecule has 0 saturated heterocycles. The Bertz CT molecular complexity index is 322. The zero-order valence-corrected chi connectivity index (χ0v) is 14.4. The van der Waals surface area contributed by atoms with Gasteiger partial charge in [-0.1, -0.05) is 33.6 Å². The Morgan fingerprint density at radius 2 is 2.14 bits per heavy atom. The highest BCUT2D eigenvalue weighted by Crippen LogP contribution is 2.37. The Balaban J connectivity index is 2.54. The van der Waals surface area contributed by atoms with Crippen molar-refractivity contribution in [2.45, 2.75) is 65.3 Å². The van der Waals surface area contributed by atoms with Crippen LogP contribution in [0.4, 0.5) is 0 Å². The van der Waals surface area contributed by atoms with E-state index < -0.39 is 5.54 Å². The number of nitrogens with zero attached hydrogens (tertiary/aromatic N) is 1. The van der Waals surface area contributed by atoms with E-state index in [4.69, 9.17) is 10.5 Å². The van der Waals surface area contributed by atoms with Gasteiger partial charge in [0.1, 0.15) is 5.54 Å². The first-order valence-electron chi connectivity index (χ1n) is 8.66. The molecular formula is C17H34N2O2. The van der Waals surface area contributed by atoms with Gasteiger partial charge >= 0.3 is 5.97 Å². The fourth-order valence-corrected chi connectivity index (χ4v) is 3.33. The molecule has 1 aliphatic carbocycles. The molecule has 1 rings (SSSR count). The monoisotopic (exact) mass is 298 g/mol. The molecule has 1 saturated carbocycles. The molecule has 124 valence electrons. The van der Waals surface area contributed by atoms with E-state index in [1.807, 2.05) is 6.92 Å². The Hall–Kier alpha value is -0.610. The molecule has 0 bridgehead atoms. The fraction of sp³-hybridized carbons (Fsp3) is 0.941. The van der Waals surface area contributed by atoms with Crippen molar-refractivity contribution in [2.24, 2.45) is 17.6 Å². The third-order valence-electron chi connectivity index (χ3n) is 5.03. The van der Waals surface area contributed by atoms with Crippen molar-refractivity contribution in [1.29, 1.82) is 0 Å². The minimum atomic E-state index is -0.744. The molecule has 3 unspecified atom stereocenters. The summed E-state index contributed by atoms with van der Waals surface area (Å²) >= 11 is 0. The van der Waals surface area contributed by atoms with E-state index in [2.05, 4.69) is 25.7 Å². The molecule has 4 heteroatoms. The average molecular weight is 298 g/mol. The molecule has 1 fully saturated rings. The maximum Gasteiger partial charge on any atom is 0.326 e. The van der Waals surface area contributed by atoms with Crippen molar-refractivity contribution in [1.82, 2.24) is 4.90 Å². The smallest absolute Gasteiger partial charge is 0.326 e. The van der Waals surface area contributed by atoms with Gasteiger partial charge in [0, 0.05) is 6.54 Å². The zero-order valence-electron chi connectivity index (χ0n) is 14.4. The van der Waals surface area contributed by atoms with Crippen molar-refractivity contribution in [2.75, 3.05) is 26.2 Å². The maximum absolute atomic E-state index is 12.2. The van der Waals surface area contributed by atoms with E-state index in [0.29, 0.717) is 6.61 Å². The molecule has 21 heavy (non-hydrogen) atoms. The van der Waals surface area contributed by atoms with E-state index in [-0.39, 0.29) is 11.9 Å². The largest absolute Gasteiger partial charge is 0.465 e. The highest BCUT2D eigenvalue weighted by atomic mass is 16.5. The van der Waals surface area contributed by atoms with Crippen LogP contribution in [0.1, 0.15) is 59.8 Å². The van der Waals surface area contributed by atoms with Gasteiger partial charge in [-0.15, -0.1) is 0 Å². The second kappa shape index (κ2) is 8.74. The van der Waals surface area contributed by atoms with Crippen LogP contribution in [-0.2, 0) is 9.53 Å². The van der Waals surface area contributed by atoms with E-state index in [1.54, 1.807) is 0 Å². The van der Waals surface area contributed by atoms with E-state index in [1.165, 1.54) is 6.42 Å². The van der Waals surface area contributed by atoms with Crippen molar-refractivity contribution < 1.29 is 9.53 Å². The number of hydrogen-bond acceptors (Lipinski definition) is 4. The van der Waals surface area contributed by atoms with Crippen molar-refractivity contribution in [3.8, 4) is 0 Å². The fourth-order valence-electron chi connectivity index (χ4n) is 3.33. The summed E-state index contributed by atoms with van der Waals surface area (Å²) in [6, 6.07) is 0. The van der Waals surface area contributed by atoms with Crippen LogP contribution in [0.3, 0.4) is 0 Å². The molecule has 0 spiro atoms. The zero-order chi connectivity index (χ0) is 15.9. The lowest BCUT2D eigenvalue weighted by Crippen LogP contribution is -2.52. The summed E-state index contributed by atoms with van der Waals surface area (Å²) in [4.78, 5) is 14.6. The molecule has 1 aliphatic rings. The van der Waals surface area contributed by atoms with Gasteiger partial charge in [0.05, 0.1) is 6.61 Å². The number of rotatable bonds is 9. The maximum atomic E-state index is 12.2. The Labute approximate surface area is 130 Å². The molecular weight excluding hydrogens is 264 g/mol. The number of ether oxygens (including phenoxy) is 1. The third kappa shape index (κ3) is 4.96. The third-order valence-corrected chi connectivity index (χ3v) is 5.03. The number of carbonyl (C=O) groups is 1. The van der Waals surface area contributed by atoms with E-state index >= 15 is 0 Å². The second-order valence-electron chi connectivity index (χ2n) is 6.55. The first-order valence-corrected chi connectivity index (χ1v) is 8.66. The SMILES string of the molecule is CCOC(=O)C1(N)CCCC1CCN(CC)CC(C)CC. The lowest BCUT2D eigenvalue weighted by molar-refractivity contribution is -0.151. The van der Waals surface area contributed by atoms with Crippen molar-refractivity contribution >= 4 is 5.97 Å². The van der Waals surface area contributed by atoms with Gasteiger partial charge in [-0.3, -0.25) is 4.79 Å². The minimum absolute atomic E-state index is 0.197. The molecule has 0 radical (unpaired) electrons. The highest BCUT2D eigenvalue weighted by molar-refractivity contribution is 5.81. The summed E-state index contributed by atoms with van der Waals surface area (Å²) < 4.78 is 5.20. The molecule has 0 aromatic carbocycles. The van der Waals surface area contributed by atoms with Crippen LogP contribution in [0.25, 0.3) is 0 Å².